The molecule has 0 bridgehead atoms. The highest BCUT2D eigenvalue weighted by Gasteiger charge is 2.23. The Bertz CT molecular complexity index is 271. The number of aromatic nitrogens is 1. The Kier molecular flexibility index (Phi) is 1.86. The molecule has 12 heavy (non-hydrogen) atoms. The fourth-order valence-corrected chi connectivity index (χ4v) is 0.955. The minimum Gasteiger partial charge on any atom is -0.490 e. The summed E-state index contributed by atoms with van der Waals surface area (Å²) in [4.78, 5) is 3.98. The van der Waals surface area contributed by atoms with Crippen molar-refractivity contribution in [2.45, 2.75) is 18.9 Å². The van der Waals surface area contributed by atoms with E-state index in [1.807, 2.05) is 6.07 Å². The molecule has 0 aliphatic heterocycles. The van der Waals surface area contributed by atoms with Crippen LogP contribution in [0, 0.1) is 0 Å². The lowest BCUT2D eigenvalue weighted by Gasteiger charge is -2.04. The standard InChI is InChI=1S/C9H11NO2/c1-11-9-6-8(4-5-10-9)12-7-2-3-7/h4-7H,2-3H2,1H3. The molecule has 1 aliphatic carbocycles. The minimum atomic E-state index is 0.428. The Balaban J connectivity index is 2.08. The summed E-state index contributed by atoms with van der Waals surface area (Å²) in [6.07, 6.45) is 4.46. The lowest BCUT2D eigenvalue weighted by atomic mass is 10.4. The van der Waals surface area contributed by atoms with Crippen LogP contribution in [-0.4, -0.2) is 18.2 Å². The van der Waals surface area contributed by atoms with Gasteiger partial charge in [-0.05, 0) is 18.9 Å². The first-order valence-corrected chi connectivity index (χ1v) is 4.05. The van der Waals surface area contributed by atoms with Crippen molar-refractivity contribution in [1.82, 2.24) is 4.98 Å². The van der Waals surface area contributed by atoms with Gasteiger partial charge in [-0.1, -0.05) is 0 Å². The molecule has 0 atom stereocenters. The molecule has 1 saturated carbocycles. The largest absolute Gasteiger partial charge is 0.490 e. The first-order chi connectivity index (χ1) is 5.88. The second kappa shape index (κ2) is 3.01. The molecule has 0 N–H and O–H groups in total. The lowest BCUT2D eigenvalue weighted by Crippen LogP contribution is -1.96. The van der Waals surface area contributed by atoms with E-state index in [9.17, 15) is 0 Å². The molecular weight excluding hydrogens is 154 g/mol. The molecule has 1 aliphatic rings. The topological polar surface area (TPSA) is 31.4 Å². The van der Waals surface area contributed by atoms with Gasteiger partial charge in [0.05, 0.1) is 13.2 Å². The van der Waals surface area contributed by atoms with E-state index in [4.69, 9.17) is 9.47 Å². The van der Waals surface area contributed by atoms with Crippen LogP contribution in [0.25, 0.3) is 0 Å². The van der Waals surface area contributed by atoms with Crippen molar-refractivity contribution in [3.05, 3.63) is 18.3 Å². The number of hydrogen-bond donors (Lipinski definition) is 0. The average Bonchev–Trinajstić information content (AvgIpc) is 2.89. The zero-order valence-corrected chi connectivity index (χ0v) is 6.99. The van der Waals surface area contributed by atoms with Crippen LogP contribution in [0.2, 0.25) is 0 Å². The summed E-state index contributed by atoms with van der Waals surface area (Å²) >= 11 is 0. The predicted octanol–water partition coefficient (Wildman–Crippen LogP) is 1.63. The van der Waals surface area contributed by atoms with Gasteiger partial charge in [-0.15, -0.1) is 0 Å². The molecule has 0 aromatic carbocycles. The SMILES string of the molecule is COc1cc(OC2CC2)ccn1. The smallest absolute Gasteiger partial charge is 0.216 e. The van der Waals surface area contributed by atoms with Crippen molar-refractivity contribution >= 4 is 0 Å². The predicted molar refractivity (Wildman–Crippen MR) is 44.4 cm³/mol. The molecule has 1 heterocycles. The molecule has 1 aromatic heterocycles. The first kappa shape index (κ1) is 7.40. The zero-order valence-electron chi connectivity index (χ0n) is 6.99. The molecule has 64 valence electrons. The van der Waals surface area contributed by atoms with E-state index in [2.05, 4.69) is 4.98 Å². The average molecular weight is 165 g/mol. The van der Waals surface area contributed by atoms with Crippen LogP contribution in [0.1, 0.15) is 12.8 Å². The van der Waals surface area contributed by atoms with Crippen molar-refractivity contribution in [3.8, 4) is 11.6 Å². The molecule has 2 rings (SSSR count). The van der Waals surface area contributed by atoms with Crippen LogP contribution in [0.3, 0.4) is 0 Å². The van der Waals surface area contributed by atoms with Gasteiger partial charge in [0.1, 0.15) is 5.75 Å². The lowest BCUT2D eigenvalue weighted by molar-refractivity contribution is 0.299. The van der Waals surface area contributed by atoms with Crippen molar-refractivity contribution in [3.63, 3.8) is 0 Å². The van der Waals surface area contributed by atoms with E-state index >= 15 is 0 Å². The van der Waals surface area contributed by atoms with E-state index in [-0.39, 0.29) is 0 Å². The Morgan fingerprint density at radius 1 is 1.50 bits per heavy atom. The molecule has 0 unspecified atom stereocenters. The molecule has 1 aromatic rings. The number of methoxy groups -OCH3 is 1. The van der Waals surface area contributed by atoms with Crippen molar-refractivity contribution in [2.75, 3.05) is 7.11 Å². The third-order valence-corrected chi connectivity index (χ3v) is 1.74. The Hall–Kier alpha value is -1.25. The quantitative estimate of drug-likeness (QED) is 0.682. The van der Waals surface area contributed by atoms with E-state index in [1.54, 1.807) is 19.4 Å². The minimum absolute atomic E-state index is 0.428. The third-order valence-electron chi connectivity index (χ3n) is 1.74. The second-order valence-corrected chi connectivity index (χ2v) is 2.85. The highest BCUT2D eigenvalue weighted by atomic mass is 16.5. The number of nitrogens with zero attached hydrogens (tertiary/aromatic N) is 1. The molecule has 0 saturated heterocycles. The van der Waals surface area contributed by atoms with Crippen LogP contribution in [0.4, 0.5) is 0 Å². The molecule has 3 nitrogen and oxygen atoms in total. The molecule has 0 radical (unpaired) electrons. The van der Waals surface area contributed by atoms with Gasteiger partial charge in [-0.2, -0.15) is 0 Å². The van der Waals surface area contributed by atoms with Gasteiger partial charge in [-0.25, -0.2) is 4.98 Å². The number of pyridine rings is 1. The van der Waals surface area contributed by atoms with Crippen LogP contribution in [0.5, 0.6) is 11.6 Å². The Morgan fingerprint density at radius 2 is 2.33 bits per heavy atom. The van der Waals surface area contributed by atoms with Gasteiger partial charge in [0, 0.05) is 12.3 Å². The summed E-state index contributed by atoms with van der Waals surface area (Å²) < 4.78 is 10.5. The molecule has 1 fully saturated rings. The zero-order chi connectivity index (χ0) is 8.39. The van der Waals surface area contributed by atoms with Crippen molar-refractivity contribution in [2.24, 2.45) is 0 Å². The van der Waals surface area contributed by atoms with Gasteiger partial charge in [0.2, 0.25) is 5.88 Å². The number of rotatable bonds is 3. The molecule has 3 heteroatoms. The van der Waals surface area contributed by atoms with Gasteiger partial charge >= 0.3 is 0 Å². The second-order valence-electron chi connectivity index (χ2n) is 2.85. The van der Waals surface area contributed by atoms with Gasteiger partial charge < -0.3 is 9.47 Å². The molecule has 0 spiro atoms. The summed E-state index contributed by atoms with van der Waals surface area (Å²) in [5.41, 5.74) is 0. The highest BCUT2D eigenvalue weighted by molar-refractivity contribution is 5.26. The summed E-state index contributed by atoms with van der Waals surface area (Å²) in [5, 5.41) is 0. The monoisotopic (exact) mass is 165 g/mol. The van der Waals surface area contributed by atoms with E-state index in [0.29, 0.717) is 12.0 Å². The van der Waals surface area contributed by atoms with Crippen LogP contribution in [-0.2, 0) is 0 Å². The maximum Gasteiger partial charge on any atom is 0.216 e. The van der Waals surface area contributed by atoms with Gasteiger partial charge in [0.25, 0.3) is 0 Å². The molecule has 0 amide bonds. The summed E-state index contributed by atoms with van der Waals surface area (Å²) in [6.45, 7) is 0. The van der Waals surface area contributed by atoms with Crippen LogP contribution < -0.4 is 9.47 Å². The third kappa shape index (κ3) is 1.67. The summed E-state index contributed by atoms with van der Waals surface area (Å²) in [7, 11) is 1.60. The van der Waals surface area contributed by atoms with E-state index < -0.39 is 0 Å². The van der Waals surface area contributed by atoms with E-state index in [0.717, 1.165) is 5.75 Å². The maximum absolute atomic E-state index is 5.55. The first-order valence-electron chi connectivity index (χ1n) is 4.05. The fourth-order valence-electron chi connectivity index (χ4n) is 0.955. The Labute approximate surface area is 71.3 Å². The fraction of sp³-hybridized carbons (Fsp3) is 0.444. The van der Waals surface area contributed by atoms with Crippen molar-refractivity contribution < 1.29 is 9.47 Å². The van der Waals surface area contributed by atoms with Crippen molar-refractivity contribution in [1.29, 1.82) is 0 Å². The summed E-state index contributed by atoms with van der Waals surface area (Å²) in [5.74, 6) is 1.46. The summed E-state index contributed by atoms with van der Waals surface area (Å²) in [6, 6.07) is 3.65. The number of hydrogen-bond acceptors (Lipinski definition) is 3. The molecular formula is C9H11NO2. The van der Waals surface area contributed by atoms with Gasteiger partial charge in [0.15, 0.2) is 0 Å². The van der Waals surface area contributed by atoms with Crippen LogP contribution in [0.15, 0.2) is 18.3 Å². The highest BCUT2D eigenvalue weighted by Crippen LogP contribution is 2.27. The van der Waals surface area contributed by atoms with Gasteiger partial charge in [-0.3, -0.25) is 0 Å². The Morgan fingerprint density at radius 3 is 3.00 bits per heavy atom. The van der Waals surface area contributed by atoms with E-state index in [1.165, 1.54) is 12.8 Å². The maximum atomic E-state index is 5.55. The van der Waals surface area contributed by atoms with Crippen LogP contribution >= 0.6 is 0 Å². The number of ether oxygens (including phenoxy) is 2. The normalized spacial score (nSPS) is 15.8.